The monoisotopic (exact) mass is 512 g/mol. The molecule has 0 unspecified atom stereocenters. The largest absolute Gasteiger partial charge is 2.00 e. The van der Waals surface area contributed by atoms with Crippen molar-refractivity contribution >= 4 is 23.8 Å². The van der Waals surface area contributed by atoms with Crippen molar-refractivity contribution < 1.29 is 41.6 Å². The van der Waals surface area contributed by atoms with E-state index in [-0.39, 0.29) is 41.6 Å². The van der Waals surface area contributed by atoms with Gasteiger partial charge in [0.1, 0.15) is 0 Å². The number of nitrogens with zero attached hydrogens (tertiary/aromatic N) is 3. The van der Waals surface area contributed by atoms with E-state index in [0.29, 0.717) is 0 Å². The predicted octanol–water partition coefficient (Wildman–Crippen LogP) is 0.747. The normalized spacial score (nSPS) is 10.6. The SMILES string of the molecule is Cc1cc(C=Nc2c(C)cc(C)cc2C)nc(C=Nc2c(C)cc(C)cc2C)c1.[Cl-].[Cl-].[Co+2]. The molecule has 3 rings (SSSR count). The van der Waals surface area contributed by atoms with Crippen LogP contribution in [0.4, 0.5) is 11.4 Å². The Labute approximate surface area is 214 Å². The summed E-state index contributed by atoms with van der Waals surface area (Å²) in [5.41, 5.74) is 12.1. The quantitative estimate of drug-likeness (QED) is 0.475. The fourth-order valence-corrected chi connectivity index (χ4v) is 3.87. The first kappa shape index (κ1) is 30.0. The minimum absolute atomic E-state index is 0. The number of pyridine rings is 1. The average Bonchev–Trinajstić information content (AvgIpc) is 2.59. The molecule has 0 spiro atoms. The van der Waals surface area contributed by atoms with Crippen molar-refractivity contribution in [3.8, 4) is 0 Å². The van der Waals surface area contributed by atoms with E-state index in [0.717, 1.165) is 28.3 Å². The number of halogens is 2. The zero-order valence-electron chi connectivity index (χ0n) is 19.5. The van der Waals surface area contributed by atoms with Crippen molar-refractivity contribution in [2.45, 2.75) is 48.5 Å². The van der Waals surface area contributed by atoms with Gasteiger partial charge in [0.2, 0.25) is 0 Å². The number of aliphatic imine (C=N–C) groups is 2. The summed E-state index contributed by atoms with van der Waals surface area (Å²) < 4.78 is 0. The first-order valence-electron chi connectivity index (χ1n) is 9.95. The molecule has 2 aromatic carbocycles. The molecule has 0 atom stereocenters. The number of benzene rings is 2. The fraction of sp³-hybridized carbons (Fsp3) is 0.269. The second-order valence-electron chi connectivity index (χ2n) is 8.01. The second kappa shape index (κ2) is 12.9. The van der Waals surface area contributed by atoms with E-state index < -0.39 is 0 Å². The third kappa shape index (κ3) is 7.56. The Bertz CT molecular complexity index is 1010. The minimum atomic E-state index is 0. The van der Waals surface area contributed by atoms with Gasteiger partial charge in [-0.15, -0.1) is 0 Å². The van der Waals surface area contributed by atoms with Crippen LogP contribution in [-0.4, -0.2) is 17.4 Å². The van der Waals surface area contributed by atoms with Crippen molar-refractivity contribution in [3.05, 3.63) is 86.7 Å². The Balaban J connectivity index is 0.00000320. The molecular formula is C26H29Cl2CoN3. The first-order chi connectivity index (χ1) is 13.7. The zero-order valence-corrected chi connectivity index (χ0v) is 22.1. The molecule has 0 aliphatic rings. The summed E-state index contributed by atoms with van der Waals surface area (Å²) in [6, 6.07) is 12.7. The molecule has 1 radical (unpaired) electrons. The van der Waals surface area contributed by atoms with Crippen LogP contribution >= 0.6 is 0 Å². The Morgan fingerprint density at radius 3 is 1.12 bits per heavy atom. The van der Waals surface area contributed by atoms with Crippen LogP contribution in [0.5, 0.6) is 0 Å². The maximum atomic E-state index is 4.72. The first-order valence-corrected chi connectivity index (χ1v) is 9.95. The maximum Gasteiger partial charge on any atom is 2.00 e. The number of hydrogen-bond acceptors (Lipinski definition) is 3. The molecule has 3 nitrogen and oxygen atoms in total. The number of hydrogen-bond donors (Lipinski definition) is 0. The molecule has 1 heterocycles. The standard InChI is InChI=1S/C26H29N3.2ClH.Co/c1-16-8-19(4)25(20(5)9-16)27-14-23-12-18(3)13-24(29-23)15-28-26-21(6)10-17(2)11-22(26)7;;;/h8-15H,1-7H3;2*1H;/q;;;+2/p-2. The number of rotatable bonds is 4. The van der Waals surface area contributed by atoms with Crippen LogP contribution in [0.2, 0.25) is 0 Å². The zero-order chi connectivity index (χ0) is 21.1. The van der Waals surface area contributed by atoms with Crippen LogP contribution in [-0.2, 0) is 16.8 Å². The van der Waals surface area contributed by atoms with E-state index in [1.165, 1.54) is 33.4 Å². The van der Waals surface area contributed by atoms with Gasteiger partial charge in [-0.05, 0) is 88.4 Å². The van der Waals surface area contributed by atoms with Gasteiger partial charge in [-0.2, -0.15) is 0 Å². The van der Waals surface area contributed by atoms with Gasteiger partial charge < -0.3 is 24.8 Å². The van der Waals surface area contributed by atoms with Gasteiger partial charge in [-0.1, -0.05) is 35.4 Å². The molecule has 0 amide bonds. The van der Waals surface area contributed by atoms with Crippen LogP contribution in [0.15, 0.2) is 46.4 Å². The summed E-state index contributed by atoms with van der Waals surface area (Å²) >= 11 is 0. The van der Waals surface area contributed by atoms with Gasteiger partial charge in [-0.25, -0.2) is 4.98 Å². The molecule has 32 heavy (non-hydrogen) atoms. The van der Waals surface area contributed by atoms with Crippen LogP contribution < -0.4 is 24.8 Å². The Morgan fingerprint density at radius 2 is 0.812 bits per heavy atom. The van der Waals surface area contributed by atoms with Gasteiger partial charge >= 0.3 is 16.8 Å². The molecule has 171 valence electrons. The number of aryl methyl sites for hydroxylation is 7. The topological polar surface area (TPSA) is 37.6 Å². The van der Waals surface area contributed by atoms with Crippen molar-refractivity contribution in [3.63, 3.8) is 0 Å². The van der Waals surface area contributed by atoms with Gasteiger partial charge in [0, 0.05) is 0 Å². The molecule has 0 N–H and O–H groups in total. The maximum absolute atomic E-state index is 4.72. The summed E-state index contributed by atoms with van der Waals surface area (Å²) in [5.74, 6) is 0. The van der Waals surface area contributed by atoms with E-state index in [1.807, 2.05) is 24.6 Å². The van der Waals surface area contributed by atoms with Gasteiger partial charge in [0.25, 0.3) is 0 Å². The third-order valence-electron chi connectivity index (χ3n) is 4.93. The van der Waals surface area contributed by atoms with E-state index in [9.17, 15) is 0 Å². The molecule has 1 aromatic heterocycles. The van der Waals surface area contributed by atoms with Crippen LogP contribution in [0, 0.1) is 48.5 Å². The predicted molar refractivity (Wildman–Crippen MR) is 125 cm³/mol. The molecule has 0 bridgehead atoms. The molecule has 0 saturated carbocycles. The van der Waals surface area contributed by atoms with Gasteiger partial charge in [0.05, 0.1) is 35.2 Å². The van der Waals surface area contributed by atoms with Crippen molar-refractivity contribution in [1.82, 2.24) is 4.98 Å². The van der Waals surface area contributed by atoms with E-state index in [4.69, 9.17) is 15.0 Å². The fourth-order valence-electron chi connectivity index (χ4n) is 3.87. The summed E-state index contributed by atoms with van der Waals surface area (Å²) in [7, 11) is 0. The molecule has 0 aliphatic carbocycles. The Hall–Kier alpha value is -1.98. The number of aromatic nitrogens is 1. The Morgan fingerprint density at radius 1 is 0.531 bits per heavy atom. The summed E-state index contributed by atoms with van der Waals surface area (Å²) in [6.07, 6.45) is 3.69. The van der Waals surface area contributed by atoms with Gasteiger partial charge in [0.15, 0.2) is 0 Å². The van der Waals surface area contributed by atoms with Crippen LogP contribution in [0.3, 0.4) is 0 Å². The van der Waals surface area contributed by atoms with Gasteiger partial charge in [-0.3, -0.25) is 9.98 Å². The smallest absolute Gasteiger partial charge is 1.00 e. The summed E-state index contributed by atoms with van der Waals surface area (Å²) in [6.45, 7) is 14.7. The molecule has 6 heteroatoms. The van der Waals surface area contributed by atoms with E-state index >= 15 is 0 Å². The molecule has 0 fully saturated rings. The average molecular weight is 513 g/mol. The molecular weight excluding hydrogens is 484 g/mol. The van der Waals surface area contributed by atoms with Crippen molar-refractivity contribution in [2.75, 3.05) is 0 Å². The summed E-state index contributed by atoms with van der Waals surface area (Å²) in [5, 5.41) is 0. The van der Waals surface area contributed by atoms with Crippen molar-refractivity contribution in [1.29, 1.82) is 0 Å². The van der Waals surface area contributed by atoms with Crippen LogP contribution in [0.25, 0.3) is 0 Å². The second-order valence-corrected chi connectivity index (χ2v) is 8.01. The van der Waals surface area contributed by atoms with E-state index in [1.54, 1.807) is 0 Å². The molecule has 0 saturated heterocycles. The summed E-state index contributed by atoms with van der Waals surface area (Å²) in [4.78, 5) is 14.2. The Kier molecular flexibility index (Phi) is 12.1. The molecule has 3 aromatic rings. The minimum Gasteiger partial charge on any atom is -1.00 e. The third-order valence-corrected chi connectivity index (χ3v) is 4.93. The van der Waals surface area contributed by atoms with E-state index in [2.05, 4.69) is 72.7 Å². The molecule has 0 aliphatic heterocycles. The van der Waals surface area contributed by atoms with Crippen LogP contribution in [0.1, 0.15) is 50.3 Å². The van der Waals surface area contributed by atoms with Crippen molar-refractivity contribution in [2.24, 2.45) is 9.98 Å².